The minimum atomic E-state index is -0.0727. The second-order valence-electron chi connectivity index (χ2n) is 6.30. The van der Waals surface area contributed by atoms with Gasteiger partial charge in [0.1, 0.15) is 0 Å². The van der Waals surface area contributed by atoms with Gasteiger partial charge in [0, 0.05) is 45.0 Å². The number of H-pyrrole nitrogens is 1. The molecular formula is C17H23N5O. The third-order valence-corrected chi connectivity index (χ3v) is 4.31. The third kappa shape index (κ3) is 3.96. The molecule has 3 rings (SSSR count). The molecule has 6 heteroatoms. The van der Waals surface area contributed by atoms with Gasteiger partial charge in [0.25, 0.3) is 5.56 Å². The van der Waals surface area contributed by atoms with E-state index < -0.39 is 0 Å². The molecule has 0 aromatic carbocycles. The number of aromatic nitrogens is 3. The number of anilines is 1. The molecule has 1 aliphatic heterocycles. The van der Waals surface area contributed by atoms with Gasteiger partial charge in [0.15, 0.2) is 0 Å². The van der Waals surface area contributed by atoms with Crippen LogP contribution in [0.3, 0.4) is 0 Å². The van der Waals surface area contributed by atoms with Crippen molar-refractivity contribution in [1.82, 2.24) is 19.9 Å². The van der Waals surface area contributed by atoms with Crippen molar-refractivity contribution in [1.29, 1.82) is 0 Å². The summed E-state index contributed by atoms with van der Waals surface area (Å²) >= 11 is 0. The average Bonchev–Trinajstić information content (AvgIpc) is 2.56. The molecule has 1 aliphatic rings. The molecule has 0 atom stereocenters. The van der Waals surface area contributed by atoms with E-state index in [9.17, 15) is 4.79 Å². The molecule has 0 bridgehead atoms. The van der Waals surface area contributed by atoms with Crippen molar-refractivity contribution >= 4 is 5.95 Å². The van der Waals surface area contributed by atoms with Crippen molar-refractivity contribution in [2.45, 2.75) is 25.3 Å². The van der Waals surface area contributed by atoms with Gasteiger partial charge in [-0.25, -0.2) is 4.98 Å². The first-order chi connectivity index (χ1) is 11.1. The summed E-state index contributed by atoms with van der Waals surface area (Å²) < 4.78 is 0. The molecule has 0 amide bonds. The van der Waals surface area contributed by atoms with Crippen LogP contribution in [-0.4, -0.2) is 47.0 Å². The fraction of sp³-hybridized carbons (Fsp3) is 0.471. The Morgan fingerprint density at radius 3 is 2.78 bits per heavy atom. The van der Waals surface area contributed by atoms with Crippen molar-refractivity contribution in [2.24, 2.45) is 0 Å². The number of nitrogens with one attached hydrogen (secondary N) is 1. The van der Waals surface area contributed by atoms with Crippen molar-refractivity contribution in [3.8, 4) is 0 Å². The van der Waals surface area contributed by atoms with Gasteiger partial charge < -0.3 is 4.90 Å². The van der Waals surface area contributed by atoms with E-state index in [-0.39, 0.29) is 5.56 Å². The van der Waals surface area contributed by atoms with Crippen LogP contribution in [0.5, 0.6) is 0 Å². The van der Waals surface area contributed by atoms with E-state index in [1.165, 1.54) is 5.56 Å². The van der Waals surface area contributed by atoms with E-state index in [0.29, 0.717) is 11.9 Å². The Morgan fingerprint density at radius 2 is 2.13 bits per heavy atom. The second-order valence-corrected chi connectivity index (χ2v) is 6.30. The van der Waals surface area contributed by atoms with Gasteiger partial charge in [0.05, 0.1) is 5.69 Å². The SMILES string of the molecule is CN(C)c1nc(C2CCN(Cc3cccnc3)CC2)cc(=O)[nH]1. The van der Waals surface area contributed by atoms with E-state index in [1.807, 2.05) is 31.3 Å². The van der Waals surface area contributed by atoms with Gasteiger partial charge >= 0.3 is 0 Å². The van der Waals surface area contributed by atoms with Crippen molar-refractivity contribution in [2.75, 3.05) is 32.1 Å². The fourth-order valence-electron chi connectivity index (χ4n) is 3.02. The molecule has 2 aromatic rings. The molecular weight excluding hydrogens is 290 g/mol. The minimum absolute atomic E-state index is 0.0727. The molecule has 0 saturated carbocycles. The Kier molecular flexibility index (Phi) is 4.71. The zero-order valence-corrected chi connectivity index (χ0v) is 13.7. The molecule has 1 N–H and O–H groups in total. The predicted molar refractivity (Wildman–Crippen MR) is 90.7 cm³/mol. The predicted octanol–water partition coefficient (Wildman–Crippen LogP) is 1.61. The molecule has 0 unspecified atom stereocenters. The summed E-state index contributed by atoms with van der Waals surface area (Å²) in [5.74, 6) is 0.992. The first kappa shape index (κ1) is 15.7. The van der Waals surface area contributed by atoms with Gasteiger partial charge in [-0.3, -0.25) is 19.7 Å². The Hall–Kier alpha value is -2.21. The second kappa shape index (κ2) is 6.91. The Balaban J connectivity index is 1.64. The number of aromatic amines is 1. The van der Waals surface area contributed by atoms with Gasteiger partial charge in [-0.15, -0.1) is 0 Å². The van der Waals surface area contributed by atoms with Crippen LogP contribution < -0.4 is 10.5 Å². The zero-order valence-electron chi connectivity index (χ0n) is 13.7. The molecule has 3 heterocycles. The largest absolute Gasteiger partial charge is 0.348 e. The number of hydrogen-bond acceptors (Lipinski definition) is 5. The lowest BCUT2D eigenvalue weighted by atomic mass is 9.93. The molecule has 0 spiro atoms. The van der Waals surface area contributed by atoms with E-state index in [2.05, 4.69) is 25.9 Å². The van der Waals surface area contributed by atoms with Crippen LogP contribution in [0.2, 0.25) is 0 Å². The summed E-state index contributed by atoms with van der Waals surface area (Å²) in [5, 5.41) is 0. The zero-order chi connectivity index (χ0) is 16.2. The highest BCUT2D eigenvalue weighted by Crippen LogP contribution is 2.27. The van der Waals surface area contributed by atoms with Crippen molar-refractivity contribution < 1.29 is 0 Å². The highest BCUT2D eigenvalue weighted by molar-refractivity contribution is 5.28. The van der Waals surface area contributed by atoms with Gasteiger partial charge in [-0.2, -0.15) is 0 Å². The van der Waals surface area contributed by atoms with Gasteiger partial charge in [0.2, 0.25) is 5.95 Å². The third-order valence-electron chi connectivity index (χ3n) is 4.31. The Labute approximate surface area is 136 Å². The monoisotopic (exact) mass is 313 g/mol. The normalized spacial score (nSPS) is 16.4. The maximum absolute atomic E-state index is 11.8. The summed E-state index contributed by atoms with van der Waals surface area (Å²) in [4.78, 5) is 27.6. The average molecular weight is 313 g/mol. The van der Waals surface area contributed by atoms with E-state index in [0.717, 1.165) is 38.2 Å². The van der Waals surface area contributed by atoms with Crippen LogP contribution in [0.1, 0.15) is 30.0 Å². The van der Waals surface area contributed by atoms with E-state index in [1.54, 1.807) is 12.3 Å². The minimum Gasteiger partial charge on any atom is -0.348 e. The number of nitrogens with zero attached hydrogens (tertiary/aromatic N) is 4. The van der Waals surface area contributed by atoms with Crippen LogP contribution in [0, 0.1) is 0 Å². The summed E-state index contributed by atoms with van der Waals surface area (Å²) in [6, 6.07) is 5.74. The van der Waals surface area contributed by atoms with Crippen LogP contribution in [0.25, 0.3) is 0 Å². The first-order valence-corrected chi connectivity index (χ1v) is 8.01. The molecule has 23 heavy (non-hydrogen) atoms. The molecule has 0 aliphatic carbocycles. The Morgan fingerprint density at radius 1 is 1.35 bits per heavy atom. The van der Waals surface area contributed by atoms with E-state index >= 15 is 0 Å². The summed E-state index contributed by atoms with van der Waals surface area (Å²) in [7, 11) is 3.77. The smallest absolute Gasteiger partial charge is 0.252 e. The number of hydrogen-bond donors (Lipinski definition) is 1. The molecule has 2 aromatic heterocycles. The van der Waals surface area contributed by atoms with Crippen LogP contribution in [-0.2, 0) is 6.54 Å². The fourth-order valence-corrected chi connectivity index (χ4v) is 3.02. The summed E-state index contributed by atoms with van der Waals surface area (Å²) in [5.41, 5.74) is 2.09. The maximum Gasteiger partial charge on any atom is 0.252 e. The first-order valence-electron chi connectivity index (χ1n) is 8.01. The highest BCUT2D eigenvalue weighted by atomic mass is 16.1. The number of rotatable bonds is 4. The molecule has 122 valence electrons. The van der Waals surface area contributed by atoms with Crippen LogP contribution in [0.4, 0.5) is 5.95 Å². The number of likely N-dealkylation sites (tertiary alicyclic amines) is 1. The molecule has 6 nitrogen and oxygen atoms in total. The standard InChI is InChI=1S/C17H23N5O/c1-21(2)17-19-15(10-16(23)20-17)14-5-8-22(9-6-14)12-13-4-3-7-18-11-13/h3-4,7,10-11,14H,5-6,8-9,12H2,1-2H3,(H,19,20,23). The number of piperidine rings is 1. The number of pyridine rings is 1. The van der Waals surface area contributed by atoms with Gasteiger partial charge in [-0.1, -0.05) is 6.07 Å². The lowest BCUT2D eigenvalue weighted by Crippen LogP contribution is -2.33. The highest BCUT2D eigenvalue weighted by Gasteiger charge is 2.22. The van der Waals surface area contributed by atoms with Crippen LogP contribution >= 0.6 is 0 Å². The quantitative estimate of drug-likeness (QED) is 0.929. The molecule has 0 radical (unpaired) electrons. The van der Waals surface area contributed by atoms with E-state index in [4.69, 9.17) is 0 Å². The lowest BCUT2D eigenvalue weighted by Gasteiger charge is -2.31. The Bertz CT molecular complexity index is 690. The van der Waals surface area contributed by atoms with Gasteiger partial charge in [-0.05, 0) is 37.6 Å². The molecule has 1 fully saturated rings. The summed E-state index contributed by atoms with van der Waals surface area (Å²) in [6.45, 7) is 2.98. The summed E-state index contributed by atoms with van der Waals surface area (Å²) in [6.07, 6.45) is 5.79. The van der Waals surface area contributed by atoms with Crippen molar-refractivity contribution in [3.63, 3.8) is 0 Å². The van der Waals surface area contributed by atoms with Crippen LogP contribution in [0.15, 0.2) is 35.4 Å². The van der Waals surface area contributed by atoms with Crippen molar-refractivity contribution in [3.05, 3.63) is 52.2 Å². The lowest BCUT2D eigenvalue weighted by molar-refractivity contribution is 0.203. The topological polar surface area (TPSA) is 65.1 Å². The maximum atomic E-state index is 11.8. The molecule has 1 saturated heterocycles.